The molecule has 2 N–H and O–H groups in total. The summed E-state index contributed by atoms with van der Waals surface area (Å²) in [6.45, 7) is 4.03. The van der Waals surface area contributed by atoms with Crippen LogP contribution in [0.3, 0.4) is 0 Å². The summed E-state index contributed by atoms with van der Waals surface area (Å²) in [6.07, 6.45) is 2.76. The van der Waals surface area contributed by atoms with Crippen LogP contribution in [0.4, 0.5) is 0 Å². The standard InChI is InChI=1S/C15H18N2OS/c1-9-15(19-10(2)17-9)14(16)11-4-3-5-13(8-11)18-12-6-7-12/h3-5,8,12,14H,6-7,16H2,1-2H3. The number of aromatic nitrogens is 1. The van der Waals surface area contributed by atoms with Gasteiger partial charge in [-0.15, -0.1) is 11.3 Å². The van der Waals surface area contributed by atoms with E-state index in [1.54, 1.807) is 11.3 Å². The second kappa shape index (κ2) is 4.94. The first-order chi connectivity index (χ1) is 9.13. The van der Waals surface area contributed by atoms with Crippen molar-refractivity contribution in [2.75, 3.05) is 0 Å². The third kappa shape index (κ3) is 2.80. The van der Waals surface area contributed by atoms with E-state index in [4.69, 9.17) is 10.5 Å². The van der Waals surface area contributed by atoms with Crippen molar-refractivity contribution < 1.29 is 4.74 Å². The lowest BCUT2D eigenvalue weighted by molar-refractivity contribution is 0.303. The molecule has 0 spiro atoms. The molecule has 1 heterocycles. The highest BCUT2D eigenvalue weighted by molar-refractivity contribution is 7.11. The van der Waals surface area contributed by atoms with Crippen LogP contribution in [0.5, 0.6) is 5.75 Å². The maximum Gasteiger partial charge on any atom is 0.120 e. The number of nitrogens with two attached hydrogens (primary N) is 1. The molecule has 0 saturated heterocycles. The van der Waals surface area contributed by atoms with Crippen LogP contribution in [-0.2, 0) is 0 Å². The molecule has 1 saturated carbocycles. The molecule has 3 rings (SSSR count). The molecule has 19 heavy (non-hydrogen) atoms. The van der Waals surface area contributed by atoms with E-state index in [2.05, 4.69) is 17.1 Å². The van der Waals surface area contributed by atoms with Gasteiger partial charge in [-0.2, -0.15) is 0 Å². The van der Waals surface area contributed by atoms with E-state index in [-0.39, 0.29) is 6.04 Å². The summed E-state index contributed by atoms with van der Waals surface area (Å²) >= 11 is 1.67. The van der Waals surface area contributed by atoms with Gasteiger partial charge >= 0.3 is 0 Å². The van der Waals surface area contributed by atoms with Crippen molar-refractivity contribution in [3.8, 4) is 5.75 Å². The lowest BCUT2D eigenvalue weighted by atomic mass is 10.1. The molecule has 1 aromatic heterocycles. The lowest BCUT2D eigenvalue weighted by Crippen LogP contribution is -2.11. The zero-order valence-electron chi connectivity index (χ0n) is 11.2. The van der Waals surface area contributed by atoms with E-state index in [1.165, 1.54) is 12.8 Å². The number of hydrogen-bond acceptors (Lipinski definition) is 4. The van der Waals surface area contributed by atoms with E-state index < -0.39 is 0 Å². The lowest BCUT2D eigenvalue weighted by Gasteiger charge is -2.13. The number of hydrogen-bond donors (Lipinski definition) is 1. The van der Waals surface area contributed by atoms with Crippen LogP contribution >= 0.6 is 11.3 Å². The van der Waals surface area contributed by atoms with Gasteiger partial charge in [-0.25, -0.2) is 4.98 Å². The Morgan fingerprint density at radius 1 is 1.37 bits per heavy atom. The van der Waals surface area contributed by atoms with Crippen molar-refractivity contribution in [2.24, 2.45) is 5.73 Å². The first kappa shape index (κ1) is 12.6. The summed E-state index contributed by atoms with van der Waals surface area (Å²) in [5.74, 6) is 0.925. The number of rotatable bonds is 4. The Balaban J connectivity index is 1.85. The maximum atomic E-state index is 6.36. The Kier molecular flexibility index (Phi) is 3.29. The first-order valence-electron chi connectivity index (χ1n) is 6.59. The van der Waals surface area contributed by atoms with E-state index >= 15 is 0 Å². The molecule has 1 aliphatic rings. The average molecular weight is 274 g/mol. The molecule has 1 aliphatic carbocycles. The fourth-order valence-electron chi connectivity index (χ4n) is 2.15. The molecule has 0 amide bonds. The van der Waals surface area contributed by atoms with Gasteiger partial charge in [0.25, 0.3) is 0 Å². The Labute approximate surface area is 117 Å². The van der Waals surface area contributed by atoms with Crippen molar-refractivity contribution in [1.29, 1.82) is 0 Å². The van der Waals surface area contributed by atoms with Gasteiger partial charge in [0, 0.05) is 4.88 Å². The zero-order chi connectivity index (χ0) is 13.4. The normalized spacial score (nSPS) is 16.4. The van der Waals surface area contributed by atoms with Gasteiger partial charge in [0.2, 0.25) is 0 Å². The molecule has 0 radical (unpaired) electrons. The van der Waals surface area contributed by atoms with Crippen LogP contribution in [0, 0.1) is 13.8 Å². The van der Waals surface area contributed by atoms with Crippen molar-refractivity contribution in [3.05, 3.63) is 45.4 Å². The molecule has 1 aromatic carbocycles. The van der Waals surface area contributed by atoms with Crippen molar-refractivity contribution >= 4 is 11.3 Å². The monoisotopic (exact) mass is 274 g/mol. The van der Waals surface area contributed by atoms with Crippen molar-refractivity contribution in [3.63, 3.8) is 0 Å². The highest BCUT2D eigenvalue weighted by Crippen LogP contribution is 2.31. The third-order valence-corrected chi connectivity index (χ3v) is 4.42. The number of nitrogens with zero attached hydrogens (tertiary/aromatic N) is 1. The molecular weight excluding hydrogens is 256 g/mol. The van der Waals surface area contributed by atoms with Gasteiger partial charge in [-0.1, -0.05) is 12.1 Å². The second-order valence-corrected chi connectivity index (χ2v) is 6.28. The molecule has 1 unspecified atom stereocenters. The van der Waals surface area contributed by atoms with Gasteiger partial charge in [0.05, 0.1) is 22.8 Å². The number of ether oxygens (including phenoxy) is 1. The summed E-state index contributed by atoms with van der Waals surface area (Å²) < 4.78 is 5.82. The molecule has 100 valence electrons. The molecule has 2 aromatic rings. The van der Waals surface area contributed by atoms with Crippen molar-refractivity contribution in [1.82, 2.24) is 4.98 Å². The Hall–Kier alpha value is -1.39. The van der Waals surface area contributed by atoms with Crippen LogP contribution in [0.2, 0.25) is 0 Å². The summed E-state index contributed by atoms with van der Waals surface area (Å²) in [6, 6.07) is 8.00. The zero-order valence-corrected chi connectivity index (χ0v) is 12.0. The molecular formula is C15H18N2OS. The Morgan fingerprint density at radius 3 is 2.79 bits per heavy atom. The van der Waals surface area contributed by atoms with Crippen LogP contribution in [-0.4, -0.2) is 11.1 Å². The van der Waals surface area contributed by atoms with E-state index in [9.17, 15) is 0 Å². The minimum Gasteiger partial charge on any atom is -0.490 e. The highest BCUT2D eigenvalue weighted by atomic mass is 32.1. The second-order valence-electron chi connectivity index (χ2n) is 5.05. The van der Waals surface area contributed by atoms with Crippen molar-refractivity contribution in [2.45, 2.75) is 38.8 Å². The van der Waals surface area contributed by atoms with E-state index in [0.29, 0.717) is 6.10 Å². The number of aryl methyl sites for hydroxylation is 2. The molecule has 0 bridgehead atoms. The summed E-state index contributed by atoms with van der Waals surface area (Å²) in [5.41, 5.74) is 8.48. The smallest absolute Gasteiger partial charge is 0.120 e. The summed E-state index contributed by atoms with van der Waals surface area (Å²) in [7, 11) is 0. The number of benzene rings is 1. The third-order valence-electron chi connectivity index (χ3n) is 3.27. The summed E-state index contributed by atoms with van der Waals surface area (Å²) in [5, 5.41) is 1.06. The van der Waals surface area contributed by atoms with Crippen LogP contribution in [0.15, 0.2) is 24.3 Å². The minimum atomic E-state index is -0.117. The SMILES string of the molecule is Cc1nc(C)c(C(N)c2cccc(OC3CC3)c2)s1. The van der Waals surface area contributed by atoms with Gasteiger partial charge in [-0.05, 0) is 44.4 Å². The molecule has 3 nitrogen and oxygen atoms in total. The average Bonchev–Trinajstić information content (AvgIpc) is 3.13. The van der Waals surface area contributed by atoms with Crippen LogP contribution in [0.25, 0.3) is 0 Å². The molecule has 4 heteroatoms. The van der Waals surface area contributed by atoms with Crippen LogP contribution < -0.4 is 10.5 Å². The largest absolute Gasteiger partial charge is 0.490 e. The van der Waals surface area contributed by atoms with Crippen LogP contribution in [0.1, 0.15) is 40.0 Å². The fraction of sp³-hybridized carbons (Fsp3) is 0.400. The maximum absolute atomic E-state index is 6.36. The minimum absolute atomic E-state index is 0.117. The van der Waals surface area contributed by atoms with Gasteiger partial charge in [0.15, 0.2) is 0 Å². The van der Waals surface area contributed by atoms with Gasteiger partial charge in [0.1, 0.15) is 5.75 Å². The predicted molar refractivity (Wildman–Crippen MR) is 77.7 cm³/mol. The molecule has 0 aliphatic heterocycles. The Morgan fingerprint density at radius 2 is 2.16 bits per heavy atom. The van der Waals surface area contributed by atoms with Gasteiger partial charge in [-0.3, -0.25) is 0 Å². The number of thiazole rings is 1. The first-order valence-corrected chi connectivity index (χ1v) is 7.41. The van der Waals surface area contributed by atoms with Gasteiger partial charge < -0.3 is 10.5 Å². The highest BCUT2D eigenvalue weighted by Gasteiger charge is 2.24. The van der Waals surface area contributed by atoms with E-state index in [1.807, 2.05) is 26.0 Å². The van der Waals surface area contributed by atoms with E-state index in [0.717, 1.165) is 26.9 Å². The quantitative estimate of drug-likeness (QED) is 0.930. The topological polar surface area (TPSA) is 48.1 Å². The fourth-order valence-corrected chi connectivity index (χ4v) is 3.10. The summed E-state index contributed by atoms with van der Waals surface area (Å²) in [4.78, 5) is 5.59. The molecule has 1 fully saturated rings. The molecule has 1 atom stereocenters. The Bertz CT molecular complexity index is 590. The predicted octanol–water partition coefficient (Wildman–Crippen LogP) is 3.35.